The van der Waals surface area contributed by atoms with Crippen molar-refractivity contribution in [1.29, 1.82) is 0 Å². The minimum absolute atomic E-state index is 0.158. The molecule has 0 saturated carbocycles. The van der Waals surface area contributed by atoms with Gasteiger partial charge in [0.25, 0.3) is 0 Å². The molecule has 1 aromatic rings. The summed E-state index contributed by atoms with van der Waals surface area (Å²) >= 11 is 1.69. The zero-order valence-electron chi connectivity index (χ0n) is 8.22. The summed E-state index contributed by atoms with van der Waals surface area (Å²) in [6.07, 6.45) is 0. The quantitative estimate of drug-likeness (QED) is 0.798. The summed E-state index contributed by atoms with van der Waals surface area (Å²) in [4.78, 5) is 10.9. The molecule has 0 radical (unpaired) electrons. The van der Waals surface area contributed by atoms with Crippen LogP contribution in [0.4, 0.5) is 0 Å². The molecule has 4 heteroatoms. The van der Waals surface area contributed by atoms with E-state index in [0.717, 1.165) is 11.3 Å². The number of carboxylic acid groups (broad SMARTS) is 1. The fourth-order valence-corrected chi connectivity index (χ4v) is 2.80. The van der Waals surface area contributed by atoms with Crippen LogP contribution in [0.2, 0.25) is 0 Å². The standard InChI is InChI=1S/C11H13NO2S/c13-11(14)10-7-15-6-9(12-10)8-4-2-1-3-5-8/h1-5,9-10,12H,6-7H2,(H,13,14). The summed E-state index contributed by atoms with van der Waals surface area (Å²) in [6.45, 7) is 0. The fraction of sp³-hybridized carbons (Fsp3) is 0.364. The van der Waals surface area contributed by atoms with E-state index in [9.17, 15) is 4.79 Å². The summed E-state index contributed by atoms with van der Waals surface area (Å²) in [6, 6.07) is 9.72. The van der Waals surface area contributed by atoms with Crippen LogP contribution >= 0.6 is 11.8 Å². The highest BCUT2D eigenvalue weighted by molar-refractivity contribution is 7.99. The van der Waals surface area contributed by atoms with Crippen molar-refractivity contribution in [3.05, 3.63) is 35.9 Å². The molecule has 2 unspecified atom stereocenters. The molecule has 0 spiro atoms. The highest BCUT2D eigenvalue weighted by Crippen LogP contribution is 2.24. The summed E-state index contributed by atoms with van der Waals surface area (Å²) in [7, 11) is 0. The lowest BCUT2D eigenvalue weighted by molar-refractivity contribution is -0.139. The molecule has 1 aromatic carbocycles. The van der Waals surface area contributed by atoms with E-state index in [2.05, 4.69) is 5.32 Å². The van der Waals surface area contributed by atoms with Gasteiger partial charge in [0.2, 0.25) is 0 Å². The second-order valence-corrected chi connectivity index (χ2v) is 4.63. The van der Waals surface area contributed by atoms with E-state index in [-0.39, 0.29) is 6.04 Å². The molecule has 2 N–H and O–H groups in total. The minimum atomic E-state index is -0.761. The van der Waals surface area contributed by atoms with E-state index in [1.807, 2.05) is 30.3 Å². The third-order valence-corrected chi connectivity index (χ3v) is 3.61. The molecule has 0 bridgehead atoms. The number of aliphatic carboxylic acids is 1. The summed E-state index contributed by atoms with van der Waals surface area (Å²) in [5.74, 6) is 0.829. The normalized spacial score (nSPS) is 26.1. The summed E-state index contributed by atoms with van der Waals surface area (Å²) in [5.41, 5.74) is 1.16. The van der Waals surface area contributed by atoms with E-state index in [4.69, 9.17) is 5.11 Å². The molecule has 2 atom stereocenters. The van der Waals surface area contributed by atoms with Crippen molar-refractivity contribution in [3.63, 3.8) is 0 Å². The lowest BCUT2D eigenvalue weighted by atomic mass is 10.1. The number of nitrogens with one attached hydrogen (secondary N) is 1. The van der Waals surface area contributed by atoms with Gasteiger partial charge in [-0.05, 0) is 5.56 Å². The van der Waals surface area contributed by atoms with Gasteiger partial charge in [-0.15, -0.1) is 0 Å². The van der Waals surface area contributed by atoms with Gasteiger partial charge in [0, 0.05) is 17.5 Å². The minimum Gasteiger partial charge on any atom is -0.480 e. The van der Waals surface area contributed by atoms with Crippen LogP contribution in [-0.4, -0.2) is 28.6 Å². The topological polar surface area (TPSA) is 49.3 Å². The second-order valence-electron chi connectivity index (χ2n) is 3.56. The van der Waals surface area contributed by atoms with Crippen LogP contribution in [0.5, 0.6) is 0 Å². The van der Waals surface area contributed by atoms with Crippen LogP contribution in [-0.2, 0) is 4.79 Å². The van der Waals surface area contributed by atoms with Crippen molar-refractivity contribution in [3.8, 4) is 0 Å². The Bertz CT molecular complexity index is 342. The van der Waals surface area contributed by atoms with Gasteiger partial charge in [0.15, 0.2) is 0 Å². The van der Waals surface area contributed by atoms with Crippen LogP contribution in [0.15, 0.2) is 30.3 Å². The monoisotopic (exact) mass is 223 g/mol. The van der Waals surface area contributed by atoms with Crippen molar-refractivity contribution < 1.29 is 9.90 Å². The highest BCUT2D eigenvalue weighted by atomic mass is 32.2. The largest absolute Gasteiger partial charge is 0.480 e. The van der Waals surface area contributed by atoms with Crippen molar-refractivity contribution >= 4 is 17.7 Å². The Morgan fingerprint density at radius 3 is 2.73 bits per heavy atom. The number of thioether (sulfide) groups is 1. The molecule has 2 rings (SSSR count). The number of benzene rings is 1. The van der Waals surface area contributed by atoms with Gasteiger partial charge in [-0.3, -0.25) is 10.1 Å². The lowest BCUT2D eigenvalue weighted by Gasteiger charge is -2.28. The Labute approximate surface area is 92.9 Å². The highest BCUT2D eigenvalue weighted by Gasteiger charge is 2.26. The van der Waals surface area contributed by atoms with Gasteiger partial charge < -0.3 is 5.11 Å². The second kappa shape index (κ2) is 4.68. The third-order valence-electron chi connectivity index (χ3n) is 2.47. The predicted octanol–water partition coefficient (Wildman–Crippen LogP) is 1.52. The zero-order chi connectivity index (χ0) is 10.7. The SMILES string of the molecule is O=C(O)C1CSCC(c2ccccc2)N1. The first-order valence-electron chi connectivity index (χ1n) is 4.89. The molecule has 1 aliphatic heterocycles. The first kappa shape index (κ1) is 10.5. The van der Waals surface area contributed by atoms with Crippen molar-refractivity contribution in [1.82, 2.24) is 5.32 Å². The molecule has 0 aliphatic carbocycles. The maximum absolute atomic E-state index is 10.9. The van der Waals surface area contributed by atoms with Crippen LogP contribution in [0, 0.1) is 0 Å². The average molecular weight is 223 g/mol. The zero-order valence-corrected chi connectivity index (χ0v) is 9.04. The third kappa shape index (κ3) is 2.52. The first-order valence-corrected chi connectivity index (χ1v) is 6.04. The number of rotatable bonds is 2. The maximum atomic E-state index is 10.9. The van der Waals surface area contributed by atoms with Gasteiger partial charge in [-0.1, -0.05) is 30.3 Å². The van der Waals surface area contributed by atoms with Crippen LogP contribution in [0.1, 0.15) is 11.6 Å². The van der Waals surface area contributed by atoms with Crippen molar-refractivity contribution in [2.75, 3.05) is 11.5 Å². The molecule has 1 aliphatic rings. The number of hydrogen-bond acceptors (Lipinski definition) is 3. The molecule has 15 heavy (non-hydrogen) atoms. The molecular weight excluding hydrogens is 210 g/mol. The molecule has 1 fully saturated rings. The Morgan fingerprint density at radius 1 is 1.33 bits per heavy atom. The van der Waals surface area contributed by atoms with Crippen molar-refractivity contribution in [2.45, 2.75) is 12.1 Å². The van der Waals surface area contributed by atoms with Gasteiger partial charge >= 0.3 is 5.97 Å². The maximum Gasteiger partial charge on any atom is 0.321 e. The fourth-order valence-electron chi connectivity index (χ4n) is 1.66. The van der Waals surface area contributed by atoms with Gasteiger partial charge in [-0.2, -0.15) is 11.8 Å². The van der Waals surface area contributed by atoms with Crippen molar-refractivity contribution in [2.24, 2.45) is 0 Å². The van der Waals surface area contributed by atoms with E-state index >= 15 is 0 Å². The van der Waals surface area contributed by atoms with E-state index in [1.54, 1.807) is 11.8 Å². The van der Waals surface area contributed by atoms with Crippen LogP contribution in [0.25, 0.3) is 0 Å². The first-order chi connectivity index (χ1) is 7.27. The lowest BCUT2D eigenvalue weighted by Crippen LogP contribution is -2.45. The van der Waals surface area contributed by atoms with Gasteiger partial charge in [-0.25, -0.2) is 0 Å². The number of carbonyl (C=O) groups is 1. The average Bonchev–Trinajstić information content (AvgIpc) is 2.30. The summed E-state index contributed by atoms with van der Waals surface area (Å²) in [5, 5.41) is 12.1. The van der Waals surface area contributed by atoms with E-state index in [1.165, 1.54) is 0 Å². The molecule has 0 aromatic heterocycles. The Hall–Kier alpha value is -1.00. The van der Waals surface area contributed by atoms with E-state index < -0.39 is 12.0 Å². The predicted molar refractivity (Wildman–Crippen MR) is 61.1 cm³/mol. The Balaban J connectivity index is 2.08. The molecule has 1 saturated heterocycles. The number of carboxylic acids is 1. The molecule has 80 valence electrons. The molecule has 1 heterocycles. The number of hydrogen-bond donors (Lipinski definition) is 2. The van der Waals surface area contributed by atoms with Gasteiger partial charge in [0.1, 0.15) is 6.04 Å². The molecule has 3 nitrogen and oxygen atoms in total. The smallest absolute Gasteiger partial charge is 0.321 e. The van der Waals surface area contributed by atoms with E-state index in [0.29, 0.717) is 5.75 Å². The Morgan fingerprint density at radius 2 is 2.07 bits per heavy atom. The summed E-state index contributed by atoms with van der Waals surface area (Å²) < 4.78 is 0. The molecule has 0 amide bonds. The van der Waals surface area contributed by atoms with Gasteiger partial charge in [0.05, 0.1) is 0 Å². The van der Waals surface area contributed by atoms with Crippen LogP contribution < -0.4 is 5.32 Å². The van der Waals surface area contributed by atoms with Crippen LogP contribution in [0.3, 0.4) is 0 Å². The molecular formula is C11H13NO2S. The Kier molecular flexibility index (Phi) is 3.28.